The summed E-state index contributed by atoms with van der Waals surface area (Å²) in [6, 6.07) is 1.77. The summed E-state index contributed by atoms with van der Waals surface area (Å²) in [5, 5.41) is 3.82. The molecule has 7 nitrogen and oxygen atoms in total. The molecule has 0 aromatic carbocycles. The number of carbonyl (C=O) groups excluding carboxylic acids is 1. The Morgan fingerprint density at radius 1 is 1.44 bits per heavy atom. The van der Waals surface area contributed by atoms with Crippen molar-refractivity contribution in [2.45, 2.75) is 13.5 Å². The van der Waals surface area contributed by atoms with Crippen LogP contribution in [-0.4, -0.2) is 33.0 Å². The van der Waals surface area contributed by atoms with Gasteiger partial charge in [-0.05, 0) is 6.92 Å². The summed E-state index contributed by atoms with van der Waals surface area (Å²) in [7, 11) is 1.64. The zero-order chi connectivity index (χ0) is 13.1. The minimum Gasteiger partial charge on any atom is -0.382 e. The third-order valence-electron chi connectivity index (χ3n) is 2.35. The molecule has 2 aromatic heterocycles. The Hall–Kier alpha value is -2.44. The van der Waals surface area contributed by atoms with Crippen molar-refractivity contribution < 1.29 is 9.32 Å². The Morgan fingerprint density at radius 3 is 2.78 bits per heavy atom. The highest BCUT2D eigenvalue weighted by Gasteiger charge is 2.18. The molecule has 0 atom stereocenters. The molecule has 94 valence electrons. The smallest absolute Gasteiger partial charge is 0.276 e. The van der Waals surface area contributed by atoms with Gasteiger partial charge in [-0.15, -0.1) is 0 Å². The molecule has 1 amide bonds. The fraction of sp³-hybridized carbons (Fsp3) is 0.273. The lowest BCUT2D eigenvalue weighted by molar-refractivity contribution is 0.0777. The van der Waals surface area contributed by atoms with Crippen molar-refractivity contribution in [2.75, 3.05) is 12.8 Å². The van der Waals surface area contributed by atoms with Gasteiger partial charge >= 0.3 is 0 Å². The molecule has 7 heteroatoms. The van der Waals surface area contributed by atoms with Crippen LogP contribution in [0.15, 0.2) is 23.0 Å². The van der Waals surface area contributed by atoms with Crippen molar-refractivity contribution in [3.05, 3.63) is 35.6 Å². The molecule has 2 aromatic rings. The van der Waals surface area contributed by atoms with Gasteiger partial charge in [0.25, 0.3) is 5.91 Å². The average molecular weight is 247 g/mol. The van der Waals surface area contributed by atoms with Gasteiger partial charge in [0.2, 0.25) is 0 Å². The first-order valence-corrected chi connectivity index (χ1v) is 5.32. The molecule has 0 saturated carbocycles. The minimum atomic E-state index is -0.304. The van der Waals surface area contributed by atoms with Crippen LogP contribution in [0.1, 0.15) is 21.9 Å². The highest BCUT2D eigenvalue weighted by Crippen LogP contribution is 2.10. The van der Waals surface area contributed by atoms with Crippen LogP contribution in [0.25, 0.3) is 0 Å². The van der Waals surface area contributed by atoms with Gasteiger partial charge in [-0.1, -0.05) is 5.16 Å². The number of aromatic nitrogens is 3. The number of hydrogen-bond donors (Lipinski definition) is 1. The second kappa shape index (κ2) is 4.82. The van der Waals surface area contributed by atoms with Crippen LogP contribution in [0.2, 0.25) is 0 Å². The lowest BCUT2D eigenvalue weighted by atomic mass is 10.3. The number of nitrogen functional groups attached to an aromatic ring is 1. The number of hydrogen-bond acceptors (Lipinski definition) is 6. The van der Waals surface area contributed by atoms with Crippen LogP contribution in [0.3, 0.4) is 0 Å². The first-order valence-electron chi connectivity index (χ1n) is 5.32. The van der Waals surface area contributed by atoms with E-state index in [-0.39, 0.29) is 17.4 Å². The zero-order valence-corrected chi connectivity index (χ0v) is 10.1. The fourth-order valence-corrected chi connectivity index (χ4v) is 1.50. The maximum absolute atomic E-state index is 12.1. The van der Waals surface area contributed by atoms with E-state index in [1.54, 1.807) is 20.0 Å². The summed E-state index contributed by atoms with van der Waals surface area (Å²) in [6.07, 6.45) is 2.87. The van der Waals surface area contributed by atoms with E-state index in [0.717, 1.165) is 0 Å². The van der Waals surface area contributed by atoms with Gasteiger partial charge in [-0.25, -0.2) is 9.97 Å². The molecule has 0 unspecified atom stereocenters. The van der Waals surface area contributed by atoms with E-state index >= 15 is 0 Å². The number of nitrogens with two attached hydrogens (primary N) is 1. The van der Waals surface area contributed by atoms with Gasteiger partial charge in [0.1, 0.15) is 11.5 Å². The van der Waals surface area contributed by atoms with Crippen LogP contribution >= 0.6 is 0 Å². The molecule has 0 spiro atoms. The molecule has 0 aliphatic rings. The molecule has 0 saturated heterocycles. The van der Waals surface area contributed by atoms with Gasteiger partial charge in [-0.3, -0.25) is 4.79 Å². The predicted octanol–water partition coefficient (Wildman–Crippen LogP) is 0.627. The molecule has 0 aliphatic carbocycles. The van der Waals surface area contributed by atoms with E-state index in [4.69, 9.17) is 10.3 Å². The molecule has 2 heterocycles. The number of nitrogens with zero attached hydrogens (tertiary/aromatic N) is 4. The van der Waals surface area contributed by atoms with E-state index in [1.807, 2.05) is 0 Å². The molecule has 0 aliphatic heterocycles. The average Bonchev–Trinajstić information content (AvgIpc) is 2.74. The maximum Gasteiger partial charge on any atom is 0.276 e. The second-order valence-electron chi connectivity index (χ2n) is 3.88. The van der Waals surface area contributed by atoms with Gasteiger partial charge in [0, 0.05) is 25.5 Å². The Balaban J connectivity index is 2.12. The summed E-state index contributed by atoms with van der Waals surface area (Å²) >= 11 is 0. The van der Waals surface area contributed by atoms with Crippen molar-refractivity contribution in [3.8, 4) is 0 Å². The highest BCUT2D eigenvalue weighted by atomic mass is 16.5. The Bertz CT molecular complexity index is 566. The second-order valence-corrected chi connectivity index (χ2v) is 3.88. The third kappa shape index (κ3) is 2.45. The zero-order valence-electron chi connectivity index (χ0n) is 10.1. The Kier molecular flexibility index (Phi) is 3.22. The molecule has 0 fully saturated rings. The lowest BCUT2D eigenvalue weighted by Crippen LogP contribution is -2.28. The number of carbonyl (C=O) groups is 1. The molecule has 0 radical (unpaired) electrons. The number of anilines is 1. The fourth-order valence-electron chi connectivity index (χ4n) is 1.50. The molecule has 0 bridgehead atoms. The standard InChI is InChI=1S/C11H13N5O2/c1-7-5-8(15-18-7)6-16(2)11(17)9-10(12)14-4-3-13-9/h3-5H,6H2,1-2H3,(H2,12,14). The van der Waals surface area contributed by atoms with E-state index in [0.29, 0.717) is 18.0 Å². The van der Waals surface area contributed by atoms with Crippen molar-refractivity contribution in [3.63, 3.8) is 0 Å². The summed E-state index contributed by atoms with van der Waals surface area (Å²) in [4.78, 5) is 21.3. The lowest BCUT2D eigenvalue weighted by Gasteiger charge is -2.15. The van der Waals surface area contributed by atoms with Gasteiger partial charge < -0.3 is 15.2 Å². The number of amides is 1. The third-order valence-corrected chi connectivity index (χ3v) is 2.35. The topological polar surface area (TPSA) is 98.1 Å². The molecule has 2 N–H and O–H groups in total. The Morgan fingerprint density at radius 2 is 2.17 bits per heavy atom. The van der Waals surface area contributed by atoms with Crippen LogP contribution in [0.5, 0.6) is 0 Å². The quantitative estimate of drug-likeness (QED) is 0.854. The van der Waals surface area contributed by atoms with Gasteiger partial charge in [-0.2, -0.15) is 0 Å². The predicted molar refractivity (Wildman–Crippen MR) is 63.5 cm³/mol. The summed E-state index contributed by atoms with van der Waals surface area (Å²) in [6.45, 7) is 2.12. The van der Waals surface area contributed by atoms with E-state index < -0.39 is 0 Å². The van der Waals surface area contributed by atoms with Crippen molar-refractivity contribution in [1.82, 2.24) is 20.0 Å². The van der Waals surface area contributed by atoms with E-state index in [9.17, 15) is 4.79 Å². The molecular weight excluding hydrogens is 234 g/mol. The highest BCUT2D eigenvalue weighted by molar-refractivity contribution is 5.95. The first kappa shape index (κ1) is 12.0. The monoisotopic (exact) mass is 247 g/mol. The van der Waals surface area contributed by atoms with Crippen LogP contribution in [-0.2, 0) is 6.54 Å². The van der Waals surface area contributed by atoms with Gasteiger partial charge in [0.15, 0.2) is 11.5 Å². The molecular formula is C11H13N5O2. The molecule has 18 heavy (non-hydrogen) atoms. The SMILES string of the molecule is Cc1cc(CN(C)C(=O)c2nccnc2N)no1. The minimum absolute atomic E-state index is 0.116. The maximum atomic E-state index is 12.1. The van der Waals surface area contributed by atoms with E-state index in [1.165, 1.54) is 17.3 Å². The van der Waals surface area contributed by atoms with Crippen LogP contribution in [0.4, 0.5) is 5.82 Å². The van der Waals surface area contributed by atoms with E-state index in [2.05, 4.69) is 15.1 Å². The molecule has 2 rings (SSSR count). The summed E-state index contributed by atoms with van der Waals surface area (Å²) < 4.78 is 4.93. The van der Waals surface area contributed by atoms with Gasteiger partial charge in [0.05, 0.1) is 6.54 Å². The van der Waals surface area contributed by atoms with Crippen LogP contribution in [0, 0.1) is 6.92 Å². The van der Waals surface area contributed by atoms with Crippen LogP contribution < -0.4 is 5.73 Å². The first-order chi connectivity index (χ1) is 8.58. The Labute approximate surface area is 104 Å². The largest absolute Gasteiger partial charge is 0.382 e. The normalized spacial score (nSPS) is 10.3. The van der Waals surface area contributed by atoms with Crippen molar-refractivity contribution in [1.29, 1.82) is 0 Å². The number of aryl methyl sites for hydroxylation is 1. The number of rotatable bonds is 3. The summed E-state index contributed by atoms with van der Waals surface area (Å²) in [5.74, 6) is 0.511. The summed E-state index contributed by atoms with van der Waals surface area (Å²) in [5.41, 5.74) is 6.41. The van der Waals surface area contributed by atoms with Crippen molar-refractivity contribution in [2.24, 2.45) is 0 Å². The van der Waals surface area contributed by atoms with Crippen molar-refractivity contribution >= 4 is 11.7 Å².